The van der Waals surface area contributed by atoms with E-state index >= 15 is 0 Å². The lowest BCUT2D eigenvalue weighted by atomic mass is 10.2. The molecule has 1 heterocycles. The van der Waals surface area contributed by atoms with Gasteiger partial charge in [-0.2, -0.15) is 5.10 Å². The Morgan fingerprint density at radius 3 is 2.55 bits per heavy atom. The number of amides is 1. The molecule has 0 saturated heterocycles. The summed E-state index contributed by atoms with van der Waals surface area (Å²) in [5.74, 6) is 0.883. The predicted molar refractivity (Wildman–Crippen MR) is 128 cm³/mol. The van der Waals surface area contributed by atoms with E-state index in [-0.39, 0.29) is 17.4 Å². The van der Waals surface area contributed by atoms with Gasteiger partial charge in [-0.25, -0.2) is 5.43 Å². The van der Waals surface area contributed by atoms with Gasteiger partial charge >= 0.3 is 0 Å². The van der Waals surface area contributed by atoms with Gasteiger partial charge in [-0.15, -0.1) is 10.2 Å². The van der Waals surface area contributed by atoms with Crippen LogP contribution in [-0.2, 0) is 4.79 Å². The minimum atomic E-state index is -0.286. The molecule has 4 rings (SSSR count). The molecule has 0 fully saturated rings. The highest BCUT2D eigenvalue weighted by atomic mass is 32.2. The molecule has 0 bridgehead atoms. The van der Waals surface area contributed by atoms with Crippen LogP contribution in [0.1, 0.15) is 5.56 Å². The summed E-state index contributed by atoms with van der Waals surface area (Å²) in [7, 11) is 1.46. The van der Waals surface area contributed by atoms with Crippen molar-refractivity contribution < 1.29 is 14.6 Å². The molecule has 0 spiro atoms. The third kappa shape index (κ3) is 5.39. The molecule has 33 heavy (non-hydrogen) atoms. The maximum atomic E-state index is 12.3. The van der Waals surface area contributed by atoms with Gasteiger partial charge in [-0.3, -0.25) is 9.36 Å². The summed E-state index contributed by atoms with van der Waals surface area (Å²) in [6.45, 7) is 0. The van der Waals surface area contributed by atoms with E-state index in [1.54, 1.807) is 12.1 Å². The summed E-state index contributed by atoms with van der Waals surface area (Å²) in [4.78, 5) is 12.3. The molecule has 0 aliphatic heterocycles. The van der Waals surface area contributed by atoms with Crippen molar-refractivity contribution in [1.29, 1.82) is 0 Å². The molecule has 1 aromatic heterocycles. The van der Waals surface area contributed by atoms with Crippen LogP contribution in [-0.4, -0.2) is 44.9 Å². The van der Waals surface area contributed by atoms with Crippen LogP contribution in [0.5, 0.6) is 11.5 Å². The Balaban J connectivity index is 1.46. The molecule has 4 aromatic rings. The number of carbonyl (C=O) groups is 1. The van der Waals surface area contributed by atoms with Crippen molar-refractivity contribution in [3.8, 4) is 28.6 Å². The van der Waals surface area contributed by atoms with Gasteiger partial charge in [0.25, 0.3) is 5.91 Å². The number of phenolic OH excluding ortho intramolecular Hbond substituents is 1. The number of hydrogen-bond acceptors (Lipinski definition) is 7. The summed E-state index contributed by atoms with van der Waals surface area (Å²) in [5.41, 5.74) is 5.01. The molecular formula is C24H21N5O3S. The van der Waals surface area contributed by atoms with Gasteiger partial charge in [0, 0.05) is 11.3 Å². The Bertz CT molecular complexity index is 1260. The largest absolute Gasteiger partial charge is 0.504 e. The number of thioether (sulfide) groups is 1. The fraction of sp³-hybridized carbons (Fsp3) is 0.0833. The van der Waals surface area contributed by atoms with E-state index in [1.165, 1.54) is 31.2 Å². The van der Waals surface area contributed by atoms with Crippen LogP contribution in [0.25, 0.3) is 17.1 Å². The Kier molecular flexibility index (Phi) is 7.01. The molecule has 9 heteroatoms. The van der Waals surface area contributed by atoms with Crippen molar-refractivity contribution >= 4 is 23.9 Å². The van der Waals surface area contributed by atoms with Crippen molar-refractivity contribution in [3.63, 3.8) is 0 Å². The van der Waals surface area contributed by atoms with Gasteiger partial charge in [0.15, 0.2) is 22.5 Å². The maximum absolute atomic E-state index is 12.3. The van der Waals surface area contributed by atoms with Gasteiger partial charge in [0.2, 0.25) is 0 Å². The highest BCUT2D eigenvalue weighted by molar-refractivity contribution is 7.99. The lowest BCUT2D eigenvalue weighted by Crippen LogP contribution is -2.20. The number of carbonyl (C=O) groups excluding carboxylic acids is 1. The summed E-state index contributed by atoms with van der Waals surface area (Å²) in [5, 5.41) is 22.9. The number of rotatable bonds is 8. The summed E-state index contributed by atoms with van der Waals surface area (Å²) < 4.78 is 6.99. The molecule has 0 aliphatic carbocycles. The highest BCUT2D eigenvalue weighted by Crippen LogP contribution is 2.28. The molecule has 0 radical (unpaired) electrons. The Morgan fingerprint density at radius 1 is 1.09 bits per heavy atom. The van der Waals surface area contributed by atoms with E-state index in [1.807, 2.05) is 65.2 Å². The fourth-order valence-electron chi connectivity index (χ4n) is 3.06. The lowest BCUT2D eigenvalue weighted by Gasteiger charge is -2.10. The Labute approximate surface area is 194 Å². The topological polar surface area (TPSA) is 102 Å². The lowest BCUT2D eigenvalue weighted by molar-refractivity contribution is -0.118. The second-order valence-electron chi connectivity index (χ2n) is 6.86. The van der Waals surface area contributed by atoms with Crippen molar-refractivity contribution in [1.82, 2.24) is 20.2 Å². The Morgan fingerprint density at radius 2 is 1.82 bits per heavy atom. The summed E-state index contributed by atoms with van der Waals surface area (Å²) in [6.07, 6.45) is 1.48. The number of benzene rings is 3. The molecule has 0 atom stereocenters. The SMILES string of the molecule is COc1cc(/C=N\NC(=O)CSc2nnc(-c3ccccc3)n2-c2ccccc2)ccc1O. The Hall–Kier alpha value is -4.11. The number of aromatic hydroxyl groups is 1. The number of phenols is 1. The molecule has 8 nitrogen and oxygen atoms in total. The van der Waals surface area contributed by atoms with E-state index in [4.69, 9.17) is 4.74 Å². The van der Waals surface area contributed by atoms with Crippen LogP contribution in [0.4, 0.5) is 0 Å². The zero-order valence-electron chi connectivity index (χ0n) is 17.8. The molecular weight excluding hydrogens is 438 g/mol. The van der Waals surface area contributed by atoms with Crippen molar-refractivity contribution in [2.24, 2.45) is 5.10 Å². The molecule has 0 saturated carbocycles. The number of hydrazone groups is 1. The van der Waals surface area contributed by atoms with Crippen LogP contribution >= 0.6 is 11.8 Å². The second kappa shape index (κ2) is 10.5. The van der Waals surface area contributed by atoms with Gasteiger partial charge in [-0.1, -0.05) is 60.3 Å². The summed E-state index contributed by atoms with van der Waals surface area (Å²) in [6, 6.07) is 24.3. The maximum Gasteiger partial charge on any atom is 0.250 e. The summed E-state index contributed by atoms with van der Waals surface area (Å²) >= 11 is 1.27. The minimum Gasteiger partial charge on any atom is -0.504 e. The van der Waals surface area contributed by atoms with Crippen LogP contribution < -0.4 is 10.2 Å². The van der Waals surface area contributed by atoms with E-state index < -0.39 is 0 Å². The van der Waals surface area contributed by atoms with Crippen LogP contribution in [0.3, 0.4) is 0 Å². The van der Waals surface area contributed by atoms with Gasteiger partial charge < -0.3 is 9.84 Å². The molecule has 0 unspecified atom stereocenters. The smallest absolute Gasteiger partial charge is 0.250 e. The average Bonchev–Trinajstić information content (AvgIpc) is 3.29. The first-order valence-corrected chi connectivity index (χ1v) is 11.0. The fourth-order valence-corrected chi connectivity index (χ4v) is 3.81. The number of hydrogen-bond donors (Lipinski definition) is 2. The first-order valence-electron chi connectivity index (χ1n) is 10.0. The quantitative estimate of drug-likeness (QED) is 0.235. The van der Waals surface area contributed by atoms with E-state index in [9.17, 15) is 9.90 Å². The third-order valence-electron chi connectivity index (χ3n) is 4.62. The van der Waals surface area contributed by atoms with Crippen molar-refractivity contribution in [2.45, 2.75) is 5.16 Å². The van der Waals surface area contributed by atoms with E-state index in [0.29, 0.717) is 22.3 Å². The number of aromatic nitrogens is 3. The van der Waals surface area contributed by atoms with Crippen LogP contribution in [0.15, 0.2) is 89.1 Å². The zero-order chi connectivity index (χ0) is 23.0. The molecule has 1 amide bonds. The zero-order valence-corrected chi connectivity index (χ0v) is 18.6. The third-order valence-corrected chi connectivity index (χ3v) is 5.55. The first kappa shape index (κ1) is 22.1. The molecule has 166 valence electrons. The standard InChI is InChI=1S/C24H21N5O3S/c1-32-21-14-17(12-13-20(21)30)15-25-26-22(31)16-33-24-28-27-23(18-8-4-2-5-9-18)29(24)19-10-6-3-7-11-19/h2-15,30H,16H2,1H3,(H,26,31)/b25-15-. The number of nitrogens with zero attached hydrogens (tertiary/aromatic N) is 4. The van der Waals surface area contributed by atoms with Crippen molar-refractivity contribution in [2.75, 3.05) is 12.9 Å². The molecule has 2 N–H and O–H groups in total. The van der Waals surface area contributed by atoms with Crippen LogP contribution in [0.2, 0.25) is 0 Å². The van der Waals surface area contributed by atoms with Crippen molar-refractivity contribution in [3.05, 3.63) is 84.4 Å². The minimum absolute atomic E-state index is 0.0347. The van der Waals surface area contributed by atoms with Crippen LogP contribution in [0, 0.1) is 0 Å². The monoisotopic (exact) mass is 459 g/mol. The highest BCUT2D eigenvalue weighted by Gasteiger charge is 2.17. The molecule has 3 aromatic carbocycles. The number of ether oxygens (including phenoxy) is 1. The number of para-hydroxylation sites is 1. The predicted octanol–water partition coefficient (Wildman–Crippen LogP) is 3.89. The molecule has 0 aliphatic rings. The average molecular weight is 460 g/mol. The van der Waals surface area contributed by atoms with Gasteiger partial charge in [-0.05, 0) is 35.9 Å². The number of methoxy groups -OCH3 is 1. The van der Waals surface area contributed by atoms with Gasteiger partial charge in [0.05, 0.1) is 19.1 Å². The number of nitrogens with one attached hydrogen (secondary N) is 1. The normalized spacial score (nSPS) is 10.9. The van der Waals surface area contributed by atoms with Gasteiger partial charge in [0.1, 0.15) is 0 Å². The first-order chi connectivity index (χ1) is 16.2. The second-order valence-corrected chi connectivity index (χ2v) is 7.80. The van der Waals surface area contributed by atoms with E-state index in [0.717, 1.165) is 11.3 Å². The van der Waals surface area contributed by atoms with E-state index in [2.05, 4.69) is 20.7 Å².